The lowest BCUT2D eigenvalue weighted by molar-refractivity contribution is 0.793. The molecular formula is C21H21ClN6. The van der Waals surface area contributed by atoms with Crippen molar-refractivity contribution in [3.8, 4) is 17.1 Å². The number of nitrogens with zero attached hydrogens (tertiary/aromatic N) is 5. The summed E-state index contributed by atoms with van der Waals surface area (Å²) in [5, 5.41) is 13.0. The van der Waals surface area contributed by atoms with Gasteiger partial charge >= 0.3 is 0 Å². The van der Waals surface area contributed by atoms with Crippen LogP contribution in [0.15, 0.2) is 42.7 Å². The molecule has 0 aliphatic rings. The molecule has 0 unspecified atom stereocenters. The molecule has 1 N–H and O–H groups in total. The number of aromatic amines is 1. The number of hydrogen-bond donors (Lipinski definition) is 1. The van der Waals surface area contributed by atoms with Gasteiger partial charge in [-0.05, 0) is 38.5 Å². The molecule has 4 rings (SSSR count). The lowest BCUT2D eigenvalue weighted by Gasteiger charge is -2.06. The van der Waals surface area contributed by atoms with Crippen LogP contribution in [0.4, 0.5) is 0 Å². The molecule has 142 valence electrons. The third kappa shape index (κ3) is 3.55. The number of H-pyrrole nitrogens is 1. The van der Waals surface area contributed by atoms with Gasteiger partial charge in [0, 0.05) is 40.0 Å². The van der Waals surface area contributed by atoms with Gasteiger partial charge in [-0.15, -0.1) is 0 Å². The van der Waals surface area contributed by atoms with E-state index in [9.17, 15) is 0 Å². The van der Waals surface area contributed by atoms with E-state index in [1.165, 1.54) is 5.56 Å². The minimum absolute atomic E-state index is 0.651. The van der Waals surface area contributed by atoms with Crippen molar-refractivity contribution in [2.75, 3.05) is 0 Å². The smallest absolute Gasteiger partial charge is 0.157 e. The first-order valence-corrected chi connectivity index (χ1v) is 9.59. The van der Waals surface area contributed by atoms with Crippen LogP contribution in [0.25, 0.3) is 17.1 Å². The van der Waals surface area contributed by atoms with Gasteiger partial charge in [-0.25, -0.2) is 14.6 Å². The second kappa shape index (κ2) is 7.56. The zero-order valence-corrected chi connectivity index (χ0v) is 16.8. The molecule has 4 aromatic rings. The Morgan fingerprint density at radius 3 is 2.54 bits per heavy atom. The van der Waals surface area contributed by atoms with Crippen molar-refractivity contribution in [1.29, 1.82) is 0 Å². The normalized spacial score (nSPS) is 11.1. The molecule has 3 aromatic heterocycles. The summed E-state index contributed by atoms with van der Waals surface area (Å²) in [7, 11) is 0. The van der Waals surface area contributed by atoms with E-state index in [2.05, 4.69) is 32.2 Å². The number of rotatable bonds is 5. The van der Waals surface area contributed by atoms with Crippen LogP contribution in [0.3, 0.4) is 0 Å². The van der Waals surface area contributed by atoms with Crippen LogP contribution in [0.2, 0.25) is 5.02 Å². The van der Waals surface area contributed by atoms with Crippen LogP contribution in [-0.4, -0.2) is 29.9 Å². The standard InChI is InChI=1S/C21H21ClN6/c1-4-18-19(25-26-21(18)15-5-7-16(22)8-6-15)10-17-11-20(24-12-23-17)28-14(3)9-13(2)27-28/h5-9,11-12H,4,10H2,1-3H3,(H,25,26). The molecule has 0 aliphatic carbocycles. The Bertz CT molecular complexity index is 1110. The van der Waals surface area contributed by atoms with Crippen LogP contribution in [0.1, 0.15) is 35.3 Å². The predicted molar refractivity (Wildman–Crippen MR) is 110 cm³/mol. The van der Waals surface area contributed by atoms with Crippen LogP contribution in [0.5, 0.6) is 0 Å². The first-order valence-electron chi connectivity index (χ1n) is 9.21. The summed E-state index contributed by atoms with van der Waals surface area (Å²) < 4.78 is 1.84. The second-order valence-electron chi connectivity index (χ2n) is 6.77. The quantitative estimate of drug-likeness (QED) is 0.543. The molecule has 0 amide bonds. The molecule has 7 heteroatoms. The summed E-state index contributed by atoms with van der Waals surface area (Å²) >= 11 is 6.01. The lowest BCUT2D eigenvalue weighted by atomic mass is 10.0. The van der Waals surface area contributed by atoms with Gasteiger partial charge in [0.1, 0.15) is 6.33 Å². The van der Waals surface area contributed by atoms with Gasteiger partial charge in [0.15, 0.2) is 5.82 Å². The molecule has 0 atom stereocenters. The number of nitrogens with one attached hydrogen (secondary N) is 1. The Morgan fingerprint density at radius 2 is 1.86 bits per heavy atom. The second-order valence-corrected chi connectivity index (χ2v) is 7.21. The number of hydrogen-bond acceptors (Lipinski definition) is 4. The Kier molecular flexibility index (Phi) is 4.96. The minimum Gasteiger partial charge on any atom is -0.281 e. The van der Waals surface area contributed by atoms with Crippen molar-refractivity contribution in [3.63, 3.8) is 0 Å². The fourth-order valence-corrected chi connectivity index (χ4v) is 3.54. The van der Waals surface area contributed by atoms with Crippen molar-refractivity contribution < 1.29 is 0 Å². The summed E-state index contributed by atoms with van der Waals surface area (Å²) in [6.07, 6.45) is 3.11. The van der Waals surface area contributed by atoms with E-state index in [0.29, 0.717) is 6.42 Å². The molecule has 6 nitrogen and oxygen atoms in total. The topological polar surface area (TPSA) is 72.3 Å². The summed E-state index contributed by atoms with van der Waals surface area (Å²) in [5.74, 6) is 0.770. The fourth-order valence-electron chi connectivity index (χ4n) is 3.42. The Labute approximate surface area is 168 Å². The average Bonchev–Trinajstić information content (AvgIpc) is 3.24. The molecular weight excluding hydrogens is 372 g/mol. The molecule has 1 aromatic carbocycles. The molecule has 0 aliphatic heterocycles. The van der Waals surface area contributed by atoms with E-state index >= 15 is 0 Å². The molecule has 0 saturated heterocycles. The molecule has 3 heterocycles. The van der Waals surface area contributed by atoms with Gasteiger partial charge in [-0.2, -0.15) is 10.2 Å². The number of aryl methyl sites for hydroxylation is 2. The van der Waals surface area contributed by atoms with E-state index in [4.69, 9.17) is 11.6 Å². The largest absolute Gasteiger partial charge is 0.281 e. The Balaban J connectivity index is 1.66. The monoisotopic (exact) mass is 392 g/mol. The highest BCUT2D eigenvalue weighted by Crippen LogP contribution is 2.27. The molecule has 28 heavy (non-hydrogen) atoms. The summed E-state index contributed by atoms with van der Waals surface area (Å²) in [6.45, 7) is 6.13. The third-order valence-electron chi connectivity index (χ3n) is 4.72. The molecule has 0 spiro atoms. The summed E-state index contributed by atoms with van der Waals surface area (Å²) in [5.41, 5.74) is 7.18. The number of halogens is 1. The zero-order chi connectivity index (χ0) is 19.7. The summed E-state index contributed by atoms with van der Waals surface area (Å²) in [6, 6.07) is 11.8. The van der Waals surface area contributed by atoms with Crippen molar-refractivity contribution in [3.05, 3.63) is 76.1 Å². The van der Waals surface area contributed by atoms with E-state index < -0.39 is 0 Å². The van der Waals surface area contributed by atoms with Gasteiger partial charge < -0.3 is 0 Å². The van der Waals surface area contributed by atoms with E-state index in [1.54, 1.807) is 6.33 Å². The zero-order valence-electron chi connectivity index (χ0n) is 16.1. The van der Waals surface area contributed by atoms with Crippen LogP contribution < -0.4 is 0 Å². The molecule has 0 saturated carbocycles. The van der Waals surface area contributed by atoms with Gasteiger partial charge in [0.05, 0.1) is 17.1 Å². The van der Waals surface area contributed by atoms with Gasteiger partial charge in [-0.1, -0.05) is 30.7 Å². The highest BCUT2D eigenvalue weighted by Gasteiger charge is 2.15. The SMILES string of the molecule is CCc1c(-c2ccc(Cl)cc2)n[nH]c1Cc1cc(-n2nc(C)cc2C)ncn1. The summed E-state index contributed by atoms with van der Waals surface area (Å²) in [4.78, 5) is 8.83. The van der Waals surface area contributed by atoms with E-state index in [-0.39, 0.29) is 0 Å². The van der Waals surface area contributed by atoms with Crippen molar-refractivity contribution in [2.24, 2.45) is 0 Å². The predicted octanol–water partition coefficient (Wildman–Crippen LogP) is 4.48. The maximum atomic E-state index is 6.01. The molecule has 0 radical (unpaired) electrons. The highest BCUT2D eigenvalue weighted by atomic mass is 35.5. The number of aromatic nitrogens is 6. The maximum absolute atomic E-state index is 6.01. The third-order valence-corrected chi connectivity index (χ3v) is 4.97. The Morgan fingerprint density at radius 1 is 1.07 bits per heavy atom. The fraction of sp³-hybridized carbons (Fsp3) is 0.238. The van der Waals surface area contributed by atoms with Gasteiger partial charge in [0.2, 0.25) is 0 Å². The van der Waals surface area contributed by atoms with Crippen LogP contribution in [0, 0.1) is 13.8 Å². The van der Waals surface area contributed by atoms with Gasteiger partial charge in [-0.3, -0.25) is 5.10 Å². The van der Waals surface area contributed by atoms with Crippen LogP contribution in [-0.2, 0) is 12.8 Å². The first-order chi connectivity index (χ1) is 13.5. The lowest BCUT2D eigenvalue weighted by Crippen LogP contribution is -2.05. The van der Waals surface area contributed by atoms with E-state index in [1.807, 2.05) is 54.9 Å². The average molecular weight is 393 g/mol. The van der Waals surface area contributed by atoms with Crippen molar-refractivity contribution in [1.82, 2.24) is 29.9 Å². The highest BCUT2D eigenvalue weighted by molar-refractivity contribution is 6.30. The Hall–Kier alpha value is -2.99. The van der Waals surface area contributed by atoms with Crippen molar-refractivity contribution >= 4 is 11.6 Å². The minimum atomic E-state index is 0.651. The first kappa shape index (κ1) is 18.4. The van der Waals surface area contributed by atoms with E-state index in [0.717, 1.165) is 51.3 Å². The number of benzene rings is 1. The van der Waals surface area contributed by atoms with Gasteiger partial charge in [0.25, 0.3) is 0 Å². The van der Waals surface area contributed by atoms with Crippen LogP contribution >= 0.6 is 11.6 Å². The van der Waals surface area contributed by atoms with Crippen molar-refractivity contribution in [2.45, 2.75) is 33.6 Å². The molecule has 0 bridgehead atoms. The maximum Gasteiger partial charge on any atom is 0.157 e. The molecule has 0 fully saturated rings.